The van der Waals surface area contributed by atoms with Crippen molar-refractivity contribution in [2.24, 2.45) is 4.99 Å². The van der Waals surface area contributed by atoms with Crippen LogP contribution in [-0.4, -0.2) is 40.2 Å². The van der Waals surface area contributed by atoms with E-state index >= 15 is 0 Å². The van der Waals surface area contributed by atoms with Gasteiger partial charge in [-0.1, -0.05) is 0 Å². The van der Waals surface area contributed by atoms with Crippen molar-refractivity contribution in [1.29, 1.82) is 0 Å². The number of amidine groups is 1. The number of hydrogen-bond donors (Lipinski definition) is 3. The van der Waals surface area contributed by atoms with E-state index in [1.54, 1.807) is 19.1 Å². The fraction of sp³-hybridized carbons (Fsp3) is 0.250. The van der Waals surface area contributed by atoms with Crippen molar-refractivity contribution in [2.45, 2.75) is 20.3 Å². The first-order chi connectivity index (χ1) is 13.4. The van der Waals surface area contributed by atoms with Gasteiger partial charge < -0.3 is 15.5 Å². The van der Waals surface area contributed by atoms with E-state index in [2.05, 4.69) is 15.3 Å². The molecule has 2 aromatic heterocycles. The minimum Gasteiger partial charge on any atom is -0.477 e. The van der Waals surface area contributed by atoms with Crippen LogP contribution in [0, 0.1) is 12.7 Å². The van der Waals surface area contributed by atoms with Crippen molar-refractivity contribution in [3.8, 4) is 11.3 Å². The number of halogens is 1. The van der Waals surface area contributed by atoms with Gasteiger partial charge in [-0.3, -0.25) is 4.99 Å². The van der Waals surface area contributed by atoms with Crippen LogP contribution in [0.5, 0.6) is 0 Å². The second-order valence-electron chi connectivity index (χ2n) is 6.29. The van der Waals surface area contributed by atoms with Crippen LogP contribution in [0.15, 0.2) is 35.3 Å². The van der Waals surface area contributed by atoms with Crippen LogP contribution in [0.4, 0.5) is 10.1 Å². The molecule has 0 amide bonds. The molecule has 0 aliphatic carbocycles. The second-order valence-corrected chi connectivity index (χ2v) is 7.29. The number of fused-ring (bicyclic) bond motifs is 1. The molecule has 3 rings (SSSR count). The van der Waals surface area contributed by atoms with E-state index in [1.165, 1.54) is 12.1 Å². The number of rotatable bonds is 6. The van der Waals surface area contributed by atoms with Gasteiger partial charge in [-0.25, -0.2) is 14.2 Å². The first-order valence-corrected chi connectivity index (χ1v) is 9.54. The summed E-state index contributed by atoms with van der Waals surface area (Å²) in [6.07, 6.45) is 0.538. The quantitative estimate of drug-likeness (QED) is 0.325. The minimum absolute atomic E-state index is 0.0493. The summed E-state index contributed by atoms with van der Waals surface area (Å²) in [6.45, 7) is 4.14. The lowest BCUT2D eigenvalue weighted by atomic mass is 10.1. The second kappa shape index (κ2) is 8.45. The smallest absolute Gasteiger partial charge is 0.348 e. The molecule has 2 heterocycles. The third-order valence-electron chi connectivity index (χ3n) is 4.16. The number of pyridine rings is 1. The van der Waals surface area contributed by atoms with Gasteiger partial charge in [0, 0.05) is 24.1 Å². The number of aliphatic imine (C=N–C) groups is 1. The lowest BCUT2D eigenvalue weighted by Crippen LogP contribution is -2.11. The third-order valence-corrected chi connectivity index (χ3v) is 5.24. The van der Waals surface area contributed by atoms with Gasteiger partial charge in [-0.2, -0.15) is 0 Å². The van der Waals surface area contributed by atoms with Gasteiger partial charge in [0.1, 0.15) is 15.5 Å². The van der Waals surface area contributed by atoms with Crippen LogP contribution >= 0.6 is 11.3 Å². The number of carboxylic acids is 1. The van der Waals surface area contributed by atoms with Crippen molar-refractivity contribution in [3.05, 3.63) is 46.6 Å². The number of aliphatic hydroxyl groups is 1. The van der Waals surface area contributed by atoms with Crippen LogP contribution < -0.4 is 5.32 Å². The van der Waals surface area contributed by atoms with Gasteiger partial charge in [-0.05, 0) is 56.2 Å². The van der Waals surface area contributed by atoms with Crippen LogP contribution in [0.25, 0.3) is 21.5 Å². The minimum atomic E-state index is -1.05. The number of aromatic nitrogens is 1. The molecule has 0 unspecified atom stereocenters. The largest absolute Gasteiger partial charge is 0.477 e. The maximum Gasteiger partial charge on any atom is 0.348 e. The van der Waals surface area contributed by atoms with Gasteiger partial charge in [0.2, 0.25) is 0 Å². The Labute approximate surface area is 165 Å². The zero-order valence-corrected chi connectivity index (χ0v) is 16.3. The number of aromatic carboxylic acids is 1. The van der Waals surface area contributed by atoms with Gasteiger partial charge in [0.15, 0.2) is 0 Å². The molecule has 0 bridgehead atoms. The monoisotopic (exact) mass is 401 g/mol. The maximum absolute atomic E-state index is 13.2. The number of hydrogen-bond acceptors (Lipinski definition) is 5. The lowest BCUT2D eigenvalue weighted by Gasteiger charge is -2.09. The Morgan fingerprint density at radius 2 is 2.04 bits per heavy atom. The molecule has 0 aliphatic rings. The molecule has 0 atom stereocenters. The van der Waals surface area contributed by atoms with E-state index < -0.39 is 5.97 Å². The zero-order chi connectivity index (χ0) is 20.3. The molecule has 0 fully saturated rings. The molecular formula is C20H20FN3O3S. The van der Waals surface area contributed by atoms with E-state index in [0.29, 0.717) is 35.0 Å². The summed E-state index contributed by atoms with van der Waals surface area (Å²) in [6, 6.07) is 7.88. The molecule has 8 heteroatoms. The summed E-state index contributed by atoms with van der Waals surface area (Å²) in [7, 11) is 0. The predicted octanol–water partition coefficient (Wildman–Crippen LogP) is 4.32. The summed E-state index contributed by atoms with van der Waals surface area (Å²) < 4.78 is 13.2. The molecule has 28 heavy (non-hydrogen) atoms. The highest BCUT2D eigenvalue weighted by Crippen LogP contribution is 2.38. The molecule has 0 saturated heterocycles. The molecule has 0 saturated carbocycles. The Bertz CT molecular complexity index is 1050. The van der Waals surface area contributed by atoms with Crippen molar-refractivity contribution < 1.29 is 19.4 Å². The first kappa shape index (κ1) is 19.9. The molecule has 6 nitrogen and oxygen atoms in total. The molecular weight excluding hydrogens is 381 g/mol. The Morgan fingerprint density at radius 3 is 2.68 bits per heavy atom. The summed E-state index contributed by atoms with van der Waals surface area (Å²) in [5.74, 6) is -0.803. The highest BCUT2D eigenvalue weighted by molar-refractivity contribution is 7.21. The number of aliphatic hydroxyl groups excluding tert-OH is 1. The van der Waals surface area contributed by atoms with Crippen LogP contribution in [0.3, 0.4) is 0 Å². The summed E-state index contributed by atoms with van der Waals surface area (Å²) >= 11 is 1.09. The topological polar surface area (TPSA) is 94.8 Å². The SMILES string of the molecule is CC(=NCCCO)Nc1c(C(=O)O)sc2nc(-c3ccc(F)cc3)cc(C)c12. The lowest BCUT2D eigenvalue weighted by molar-refractivity contribution is 0.0703. The first-order valence-electron chi connectivity index (χ1n) is 8.73. The van der Waals surface area contributed by atoms with Crippen molar-refractivity contribution in [1.82, 2.24) is 4.98 Å². The maximum atomic E-state index is 13.2. The van der Waals surface area contributed by atoms with Crippen molar-refractivity contribution >= 4 is 39.0 Å². The average Bonchev–Trinajstić information content (AvgIpc) is 3.01. The fourth-order valence-electron chi connectivity index (χ4n) is 2.86. The fourth-order valence-corrected chi connectivity index (χ4v) is 3.90. The Hall–Kier alpha value is -2.84. The van der Waals surface area contributed by atoms with Gasteiger partial charge in [0.25, 0.3) is 0 Å². The van der Waals surface area contributed by atoms with E-state index in [-0.39, 0.29) is 17.3 Å². The summed E-state index contributed by atoms with van der Waals surface area (Å²) in [5, 5.41) is 22.3. The average molecular weight is 401 g/mol. The van der Waals surface area contributed by atoms with Gasteiger partial charge >= 0.3 is 5.97 Å². The van der Waals surface area contributed by atoms with Gasteiger partial charge in [0.05, 0.1) is 17.2 Å². The molecule has 0 spiro atoms. The molecule has 0 aliphatic heterocycles. The number of anilines is 1. The van der Waals surface area contributed by atoms with Crippen LogP contribution in [-0.2, 0) is 0 Å². The summed E-state index contributed by atoms with van der Waals surface area (Å²) in [5.41, 5.74) is 2.74. The van der Waals surface area contributed by atoms with Crippen LogP contribution in [0.2, 0.25) is 0 Å². The molecule has 1 aromatic carbocycles. The molecule has 146 valence electrons. The van der Waals surface area contributed by atoms with Crippen molar-refractivity contribution in [3.63, 3.8) is 0 Å². The number of carbonyl (C=O) groups is 1. The number of carboxylic acid groups (broad SMARTS) is 1. The number of nitrogens with zero attached hydrogens (tertiary/aromatic N) is 2. The van der Waals surface area contributed by atoms with E-state index in [0.717, 1.165) is 27.8 Å². The number of nitrogens with one attached hydrogen (secondary N) is 1. The third kappa shape index (κ3) is 4.18. The Kier molecular flexibility index (Phi) is 6.01. The standard InChI is InChI=1S/C20H20FN3O3S/c1-11-10-15(13-4-6-14(21)7-5-13)24-19-16(11)17(18(28-19)20(26)27)23-12(2)22-8-3-9-25/h4-7,10,25H,3,8-9H2,1-2H3,(H,22,23)(H,26,27). The van der Waals surface area contributed by atoms with E-state index in [4.69, 9.17) is 5.11 Å². The number of benzene rings is 1. The number of aryl methyl sites for hydroxylation is 1. The van der Waals surface area contributed by atoms with Crippen LogP contribution in [0.1, 0.15) is 28.6 Å². The normalized spacial score (nSPS) is 11.8. The molecule has 3 aromatic rings. The zero-order valence-electron chi connectivity index (χ0n) is 15.5. The molecule has 0 radical (unpaired) electrons. The molecule has 3 N–H and O–H groups in total. The Balaban J connectivity index is 2.08. The number of thiophene rings is 1. The highest BCUT2D eigenvalue weighted by atomic mass is 32.1. The predicted molar refractivity (Wildman–Crippen MR) is 110 cm³/mol. The van der Waals surface area contributed by atoms with E-state index in [9.17, 15) is 14.3 Å². The Morgan fingerprint density at radius 1 is 1.32 bits per heavy atom. The highest BCUT2D eigenvalue weighted by Gasteiger charge is 2.21. The van der Waals surface area contributed by atoms with Gasteiger partial charge in [-0.15, -0.1) is 11.3 Å². The summed E-state index contributed by atoms with van der Waals surface area (Å²) in [4.78, 5) is 21.4. The van der Waals surface area contributed by atoms with Crippen molar-refractivity contribution in [2.75, 3.05) is 18.5 Å². The van der Waals surface area contributed by atoms with E-state index in [1.807, 2.05) is 13.0 Å².